The fourth-order valence-electron chi connectivity index (χ4n) is 1.46. The second-order valence-electron chi connectivity index (χ2n) is 3.53. The van der Waals surface area contributed by atoms with Gasteiger partial charge in [-0.15, -0.1) is 0 Å². The summed E-state index contributed by atoms with van der Waals surface area (Å²) in [5, 5.41) is 8.79. The van der Waals surface area contributed by atoms with Crippen LogP contribution in [0.2, 0.25) is 0 Å². The van der Waals surface area contributed by atoms with Crippen LogP contribution in [0.3, 0.4) is 0 Å². The highest BCUT2D eigenvalue weighted by Gasteiger charge is 2.20. The van der Waals surface area contributed by atoms with Crippen LogP contribution in [0.5, 0.6) is 0 Å². The SMILES string of the molecule is CCC(C)C(C)C(CCO)OC. The molecule has 0 amide bonds. The first kappa shape index (κ1) is 11.9. The summed E-state index contributed by atoms with van der Waals surface area (Å²) in [6, 6.07) is 0. The maximum absolute atomic E-state index is 8.79. The average Bonchev–Trinajstić information content (AvgIpc) is 2.11. The van der Waals surface area contributed by atoms with E-state index >= 15 is 0 Å². The quantitative estimate of drug-likeness (QED) is 0.668. The molecule has 0 aromatic carbocycles. The van der Waals surface area contributed by atoms with Gasteiger partial charge >= 0.3 is 0 Å². The van der Waals surface area contributed by atoms with E-state index in [4.69, 9.17) is 9.84 Å². The molecule has 0 aliphatic heterocycles. The molecule has 0 aromatic rings. The van der Waals surface area contributed by atoms with Gasteiger partial charge < -0.3 is 9.84 Å². The molecule has 2 nitrogen and oxygen atoms in total. The van der Waals surface area contributed by atoms with Gasteiger partial charge in [-0.3, -0.25) is 0 Å². The van der Waals surface area contributed by atoms with Crippen LogP contribution in [-0.2, 0) is 4.74 Å². The topological polar surface area (TPSA) is 29.5 Å². The van der Waals surface area contributed by atoms with Gasteiger partial charge in [0.1, 0.15) is 0 Å². The minimum absolute atomic E-state index is 0.213. The van der Waals surface area contributed by atoms with E-state index in [0.717, 1.165) is 6.42 Å². The third kappa shape index (κ3) is 3.55. The molecule has 0 bridgehead atoms. The lowest BCUT2D eigenvalue weighted by Gasteiger charge is -2.26. The van der Waals surface area contributed by atoms with Gasteiger partial charge in [0.2, 0.25) is 0 Å². The number of ether oxygens (including phenoxy) is 1. The van der Waals surface area contributed by atoms with E-state index in [2.05, 4.69) is 20.8 Å². The highest BCUT2D eigenvalue weighted by molar-refractivity contribution is 4.70. The van der Waals surface area contributed by atoms with E-state index in [1.165, 1.54) is 6.42 Å². The Morgan fingerprint density at radius 2 is 1.92 bits per heavy atom. The normalized spacial score (nSPS) is 18.8. The molecule has 0 saturated heterocycles. The van der Waals surface area contributed by atoms with E-state index in [1.54, 1.807) is 7.11 Å². The van der Waals surface area contributed by atoms with Gasteiger partial charge in [-0.05, 0) is 18.3 Å². The van der Waals surface area contributed by atoms with Gasteiger partial charge in [0.15, 0.2) is 0 Å². The zero-order chi connectivity index (χ0) is 9.56. The van der Waals surface area contributed by atoms with Gasteiger partial charge in [0, 0.05) is 13.7 Å². The van der Waals surface area contributed by atoms with Crippen molar-refractivity contribution in [3.05, 3.63) is 0 Å². The molecule has 3 unspecified atom stereocenters. The summed E-state index contributed by atoms with van der Waals surface area (Å²) in [5.41, 5.74) is 0. The second-order valence-corrected chi connectivity index (χ2v) is 3.53. The smallest absolute Gasteiger partial charge is 0.0621 e. The lowest BCUT2D eigenvalue weighted by Crippen LogP contribution is -2.26. The minimum Gasteiger partial charge on any atom is -0.396 e. The van der Waals surface area contributed by atoms with Crippen molar-refractivity contribution in [3.63, 3.8) is 0 Å². The average molecular weight is 174 g/mol. The molecular weight excluding hydrogens is 152 g/mol. The Bertz CT molecular complexity index is 104. The fourth-order valence-corrected chi connectivity index (χ4v) is 1.46. The highest BCUT2D eigenvalue weighted by atomic mass is 16.5. The van der Waals surface area contributed by atoms with Crippen molar-refractivity contribution in [2.45, 2.75) is 39.7 Å². The van der Waals surface area contributed by atoms with Crippen molar-refractivity contribution >= 4 is 0 Å². The van der Waals surface area contributed by atoms with Gasteiger partial charge in [0.05, 0.1) is 6.10 Å². The first-order valence-corrected chi connectivity index (χ1v) is 4.81. The maximum Gasteiger partial charge on any atom is 0.0621 e. The van der Waals surface area contributed by atoms with Crippen LogP contribution in [0.4, 0.5) is 0 Å². The zero-order valence-electron chi connectivity index (χ0n) is 8.71. The number of hydrogen-bond acceptors (Lipinski definition) is 2. The molecular formula is C10H22O2. The molecule has 12 heavy (non-hydrogen) atoms. The number of hydrogen-bond donors (Lipinski definition) is 1. The van der Waals surface area contributed by atoms with E-state index in [0.29, 0.717) is 11.8 Å². The molecule has 0 rings (SSSR count). The minimum atomic E-state index is 0.213. The first-order chi connectivity index (χ1) is 5.67. The Labute approximate surface area is 75.9 Å². The van der Waals surface area contributed by atoms with Gasteiger partial charge in [-0.1, -0.05) is 27.2 Å². The molecule has 0 aliphatic rings. The Balaban J connectivity index is 3.91. The Kier molecular flexibility index (Phi) is 6.39. The Morgan fingerprint density at radius 3 is 2.25 bits per heavy atom. The van der Waals surface area contributed by atoms with E-state index < -0.39 is 0 Å². The van der Waals surface area contributed by atoms with E-state index in [9.17, 15) is 0 Å². The summed E-state index contributed by atoms with van der Waals surface area (Å²) in [4.78, 5) is 0. The summed E-state index contributed by atoms with van der Waals surface area (Å²) in [6.45, 7) is 6.83. The van der Waals surface area contributed by atoms with Gasteiger partial charge in [-0.2, -0.15) is 0 Å². The highest BCUT2D eigenvalue weighted by Crippen LogP contribution is 2.21. The molecule has 3 atom stereocenters. The summed E-state index contributed by atoms with van der Waals surface area (Å²) in [5.74, 6) is 1.20. The number of aliphatic hydroxyl groups excluding tert-OH is 1. The van der Waals surface area contributed by atoms with Crippen LogP contribution >= 0.6 is 0 Å². The molecule has 74 valence electrons. The summed E-state index contributed by atoms with van der Waals surface area (Å²) >= 11 is 0. The molecule has 0 heterocycles. The number of methoxy groups -OCH3 is 1. The van der Waals surface area contributed by atoms with Gasteiger partial charge in [-0.25, -0.2) is 0 Å². The molecule has 0 spiro atoms. The fraction of sp³-hybridized carbons (Fsp3) is 1.00. The second kappa shape index (κ2) is 6.44. The molecule has 2 heteroatoms. The lowest BCUT2D eigenvalue weighted by atomic mass is 9.87. The van der Waals surface area contributed by atoms with Gasteiger partial charge in [0.25, 0.3) is 0 Å². The number of rotatable bonds is 6. The van der Waals surface area contributed by atoms with E-state index in [-0.39, 0.29) is 12.7 Å². The molecule has 0 aromatic heterocycles. The van der Waals surface area contributed by atoms with Crippen LogP contribution in [0.25, 0.3) is 0 Å². The van der Waals surface area contributed by atoms with Crippen molar-refractivity contribution < 1.29 is 9.84 Å². The molecule has 0 radical (unpaired) electrons. The molecule has 0 saturated carbocycles. The largest absolute Gasteiger partial charge is 0.396 e. The van der Waals surface area contributed by atoms with Crippen LogP contribution in [0, 0.1) is 11.8 Å². The van der Waals surface area contributed by atoms with Crippen LogP contribution in [0.15, 0.2) is 0 Å². The Morgan fingerprint density at radius 1 is 1.33 bits per heavy atom. The van der Waals surface area contributed by atoms with Crippen LogP contribution in [0.1, 0.15) is 33.6 Å². The van der Waals surface area contributed by atoms with E-state index in [1.807, 2.05) is 0 Å². The first-order valence-electron chi connectivity index (χ1n) is 4.81. The third-order valence-electron chi connectivity index (χ3n) is 2.84. The van der Waals surface area contributed by atoms with Crippen LogP contribution < -0.4 is 0 Å². The lowest BCUT2D eigenvalue weighted by molar-refractivity contribution is 0.0193. The molecule has 0 aliphatic carbocycles. The van der Waals surface area contributed by atoms with Crippen molar-refractivity contribution in [2.24, 2.45) is 11.8 Å². The monoisotopic (exact) mass is 174 g/mol. The maximum atomic E-state index is 8.79. The predicted molar refractivity (Wildman–Crippen MR) is 51.1 cm³/mol. The van der Waals surface area contributed by atoms with Crippen molar-refractivity contribution in [1.82, 2.24) is 0 Å². The number of aliphatic hydroxyl groups is 1. The summed E-state index contributed by atoms with van der Waals surface area (Å²) in [6.07, 6.45) is 2.14. The van der Waals surface area contributed by atoms with Crippen LogP contribution in [-0.4, -0.2) is 24.9 Å². The molecule has 0 fully saturated rings. The summed E-state index contributed by atoms with van der Waals surface area (Å²) < 4.78 is 5.32. The van der Waals surface area contributed by atoms with Crippen molar-refractivity contribution in [2.75, 3.05) is 13.7 Å². The summed E-state index contributed by atoms with van der Waals surface area (Å²) in [7, 11) is 1.72. The molecule has 1 N–H and O–H groups in total. The standard InChI is InChI=1S/C10H22O2/c1-5-8(2)9(3)10(12-4)6-7-11/h8-11H,5-7H2,1-4H3. The predicted octanol–water partition coefficient (Wildman–Crippen LogP) is 2.07. The van der Waals surface area contributed by atoms with Crippen molar-refractivity contribution in [3.8, 4) is 0 Å². The Hall–Kier alpha value is -0.0800. The zero-order valence-corrected chi connectivity index (χ0v) is 8.71. The van der Waals surface area contributed by atoms with Crippen molar-refractivity contribution in [1.29, 1.82) is 0 Å². The third-order valence-corrected chi connectivity index (χ3v) is 2.84.